The van der Waals surface area contributed by atoms with Crippen molar-refractivity contribution >= 4 is 5.69 Å². The number of ether oxygens (including phenoxy) is 1. The van der Waals surface area contributed by atoms with E-state index in [4.69, 9.17) is 4.74 Å². The molecule has 0 saturated carbocycles. The summed E-state index contributed by atoms with van der Waals surface area (Å²) in [6, 6.07) is 16.2. The minimum absolute atomic E-state index is 0.326. The Balaban J connectivity index is 1.69. The molecule has 1 atom stereocenters. The summed E-state index contributed by atoms with van der Waals surface area (Å²) in [6.07, 6.45) is -0.518. The highest BCUT2D eigenvalue weighted by Crippen LogP contribution is 2.14. The Bertz CT molecular complexity index is 554. The second-order valence-corrected chi connectivity index (χ2v) is 5.33. The normalized spacial score (nSPS) is 12.1. The maximum absolute atomic E-state index is 9.92. The van der Waals surface area contributed by atoms with Gasteiger partial charge in [-0.1, -0.05) is 36.4 Å². The van der Waals surface area contributed by atoms with Crippen LogP contribution >= 0.6 is 0 Å². The van der Waals surface area contributed by atoms with Crippen molar-refractivity contribution in [2.24, 2.45) is 0 Å². The fraction of sp³-hybridized carbons (Fsp3) is 0.333. The predicted octanol–water partition coefficient (Wildman–Crippen LogP) is 3.29. The van der Waals surface area contributed by atoms with Crippen LogP contribution in [-0.4, -0.2) is 24.4 Å². The van der Waals surface area contributed by atoms with E-state index >= 15 is 0 Å². The second kappa shape index (κ2) is 7.81. The third-order valence-corrected chi connectivity index (χ3v) is 3.47. The molecule has 0 bridgehead atoms. The third kappa shape index (κ3) is 5.21. The summed E-state index contributed by atoms with van der Waals surface area (Å²) in [5.74, 6) is 0. The first-order valence-corrected chi connectivity index (χ1v) is 7.26. The molecule has 112 valence electrons. The summed E-state index contributed by atoms with van der Waals surface area (Å²) >= 11 is 0. The molecule has 3 heteroatoms. The van der Waals surface area contributed by atoms with Crippen LogP contribution in [0.15, 0.2) is 48.5 Å². The number of hydrogen-bond acceptors (Lipinski definition) is 3. The molecule has 0 aromatic heterocycles. The number of nitrogens with one attached hydrogen (secondary N) is 1. The monoisotopic (exact) mass is 285 g/mol. The van der Waals surface area contributed by atoms with Crippen LogP contribution in [0.5, 0.6) is 0 Å². The van der Waals surface area contributed by atoms with Crippen molar-refractivity contribution in [3.63, 3.8) is 0 Å². The van der Waals surface area contributed by atoms with Gasteiger partial charge in [0.1, 0.15) is 0 Å². The summed E-state index contributed by atoms with van der Waals surface area (Å²) in [7, 11) is 0. The Kier molecular flexibility index (Phi) is 5.78. The molecule has 0 aliphatic rings. The third-order valence-electron chi connectivity index (χ3n) is 3.47. The highest BCUT2D eigenvalue weighted by molar-refractivity contribution is 5.48. The van der Waals surface area contributed by atoms with Gasteiger partial charge in [-0.15, -0.1) is 0 Å². The number of aryl methyl sites for hydroxylation is 2. The van der Waals surface area contributed by atoms with Gasteiger partial charge >= 0.3 is 0 Å². The molecule has 2 rings (SSSR count). The highest BCUT2D eigenvalue weighted by Gasteiger charge is 2.05. The average molecular weight is 285 g/mol. The summed E-state index contributed by atoms with van der Waals surface area (Å²) in [4.78, 5) is 0. The highest BCUT2D eigenvalue weighted by atomic mass is 16.5. The van der Waals surface area contributed by atoms with Gasteiger partial charge in [0.15, 0.2) is 0 Å². The van der Waals surface area contributed by atoms with E-state index in [0.29, 0.717) is 19.8 Å². The lowest BCUT2D eigenvalue weighted by molar-refractivity contribution is 0.0348. The van der Waals surface area contributed by atoms with Gasteiger partial charge < -0.3 is 15.2 Å². The van der Waals surface area contributed by atoms with E-state index in [-0.39, 0.29) is 0 Å². The Morgan fingerprint density at radius 3 is 2.52 bits per heavy atom. The smallest absolute Gasteiger partial charge is 0.0945 e. The Hall–Kier alpha value is -1.84. The molecule has 21 heavy (non-hydrogen) atoms. The fourth-order valence-electron chi connectivity index (χ4n) is 2.03. The van der Waals surface area contributed by atoms with E-state index in [0.717, 1.165) is 11.3 Å². The lowest BCUT2D eigenvalue weighted by Gasteiger charge is -2.14. The Labute approximate surface area is 126 Å². The summed E-state index contributed by atoms with van der Waals surface area (Å²) in [5.41, 5.74) is 4.66. The zero-order chi connectivity index (χ0) is 15.1. The Morgan fingerprint density at radius 1 is 1.05 bits per heavy atom. The summed E-state index contributed by atoms with van der Waals surface area (Å²) in [6.45, 7) is 5.51. The summed E-state index contributed by atoms with van der Waals surface area (Å²) < 4.78 is 5.52. The maximum atomic E-state index is 9.92. The van der Waals surface area contributed by atoms with E-state index in [1.54, 1.807) is 0 Å². The molecule has 0 radical (unpaired) electrons. The number of aliphatic hydroxyl groups excluding tert-OH is 1. The molecule has 1 unspecified atom stereocenters. The molecule has 0 aliphatic carbocycles. The van der Waals surface area contributed by atoms with Crippen molar-refractivity contribution in [3.8, 4) is 0 Å². The molecule has 3 nitrogen and oxygen atoms in total. The van der Waals surface area contributed by atoms with E-state index in [1.807, 2.05) is 36.4 Å². The first-order valence-electron chi connectivity index (χ1n) is 7.26. The zero-order valence-corrected chi connectivity index (χ0v) is 12.7. The fourth-order valence-corrected chi connectivity index (χ4v) is 2.03. The van der Waals surface area contributed by atoms with Crippen LogP contribution < -0.4 is 5.32 Å². The van der Waals surface area contributed by atoms with Gasteiger partial charge in [-0.3, -0.25) is 0 Å². The molecular weight excluding hydrogens is 262 g/mol. The topological polar surface area (TPSA) is 41.5 Å². The van der Waals surface area contributed by atoms with Crippen LogP contribution in [0.2, 0.25) is 0 Å². The van der Waals surface area contributed by atoms with Crippen LogP contribution in [0.4, 0.5) is 5.69 Å². The van der Waals surface area contributed by atoms with E-state index in [2.05, 4.69) is 31.3 Å². The van der Waals surface area contributed by atoms with Gasteiger partial charge in [0.2, 0.25) is 0 Å². The lowest BCUT2D eigenvalue weighted by atomic mass is 10.1. The van der Waals surface area contributed by atoms with Crippen LogP contribution in [0.3, 0.4) is 0 Å². The standard InChI is InChI=1S/C18H23NO2/c1-14-8-9-17(10-15(14)2)19-11-18(20)13-21-12-16-6-4-3-5-7-16/h3-10,18-20H,11-13H2,1-2H3. The minimum atomic E-state index is -0.518. The number of anilines is 1. The minimum Gasteiger partial charge on any atom is -0.389 e. The van der Waals surface area contributed by atoms with E-state index in [9.17, 15) is 5.11 Å². The molecule has 0 spiro atoms. The molecule has 2 aromatic rings. The SMILES string of the molecule is Cc1ccc(NCC(O)COCc2ccccc2)cc1C. The number of hydrogen-bond donors (Lipinski definition) is 2. The van der Waals surface area contributed by atoms with Crippen molar-refractivity contribution in [2.45, 2.75) is 26.6 Å². The quantitative estimate of drug-likeness (QED) is 0.820. The molecular formula is C18H23NO2. The van der Waals surface area contributed by atoms with Crippen molar-refractivity contribution in [2.75, 3.05) is 18.5 Å². The maximum Gasteiger partial charge on any atom is 0.0945 e. The van der Waals surface area contributed by atoms with Crippen LogP contribution in [0.1, 0.15) is 16.7 Å². The van der Waals surface area contributed by atoms with Crippen LogP contribution in [-0.2, 0) is 11.3 Å². The molecule has 0 saturated heterocycles. The number of aliphatic hydroxyl groups is 1. The van der Waals surface area contributed by atoms with Crippen molar-refractivity contribution in [1.82, 2.24) is 0 Å². The second-order valence-electron chi connectivity index (χ2n) is 5.33. The molecule has 0 amide bonds. The van der Waals surface area contributed by atoms with Crippen LogP contribution in [0, 0.1) is 13.8 Å². The zero-order valence-electron chi connectivity index (χ0n) is 12.7. The average Bonchev–Trinajstić information content (AvgIpc) is 2.49. The molecule has 0 fully saturated rings. The molecule has 0 aliphatic heterocycles. The number of benzene rings is 2. The molecule has 2 N–H and O–H groups in total. The van der Waals surface area contributed by atoms with Crippen molar-refractivity contribution < 1.29 is 9.84 Å². The Morgan fingerprint density at radius 2 is 1.81 bits per heavy atom. The van der Waals surface area contributed by atoms with Gasteiger partial charge in [-0.2, -0.15) is 0 Å². The van der Waals surface area contributed by atoms with Crippen LogP contribution in [0.25, 0.3) is 0 Å². The molecule has 2 aromatic carbocycles. The van der Waals surface area contributed by atoms with Crippen molar-refractivity contribution in [1.29, 1.82) is 0 Å². The lowest BCUT2D eigenvalue weighted by Crippen LogP contribution is -2.24. The van der Waals surface area contributed by atoms with Crippen molar-refractivity contribution in [3.05, 3.63) is 65.2 Å². The predicted molar refractivity (Wildman–Crippen MR) is 86.5 cm³/mol. The number of rotatable bonds is 7. The van der Waals surface area contributed by atoms with E-state index in [1.165, 1.54) is 11.1 Å². The first-order chi connectivity index (χ1) is 10.1. The van der Waals surface area contributed by atoms with E-state index < -0.39 is 6.10 Å². The van der Waals surface area contributed by atoms with Gasteiger partial charge in [0.05, 0.1) is 19.3 Å². The van der Waals surface area contributed by atoms with Gasteiger partial charge in [0, 0.05) is 12.2 Å². The largest absolute Gasteiger partial charge is 0.389 e. The van der Waals surface area contributed by atoms with Gasteiger partial charge in [0.25, 0.3) is 0 Å². The summed E-state index contributed by atoms with van der Waals surface area (Å²) in [5, 5.41) is 13.2. The molecule has 0 heterocycles. The van der Waals surface area contributed by atoms with Gasteiger partial charge in [-0.05, 0) is 42.7 Å². The first kappa shape index (κ1) is 15.5. The van der Waals surface area contributed by atoms with Gasteiger partial charge in [-0.25, -0.2) is 0 Å².